The Kier molecular flexibility index (Phi) is 9.54. The summed E-state index contributed by atoms with van der Waals surface area (Å²) in [6.45, 7) is 5.26. The van der Waals surface area contributed by atoms with Crippen molar-refractivity contribution in [2.45, 2.75) is 88.3 Å². The van der Waals surface area contributed by atoms with Gasteiger partial charge in [-0.3, -0.25) is 14.9 Å². The van der Waals surface area contributed by atoms with Crippen LogP contribution in [0.3, 0.4) is 0 Å². The van der Waals surface area contributed by atoms with E-state index in [-0.39, 0.29) is 11.8 Å². The van der Waals surface area contributed by atoms with Crippen LogP contribution in [0.4, 0.5) is 17.3 Å². The van der Waals surface area contributed by atoms with Crippen LogP contribution in [0.2, 0.25) is 0 Å². The fourth-order valence-corrected chi connectivity index (χ4v) is 9.44. The maximum atomic E-state index is 12.7. The van der Waals surface area contributed by atoms with Gasteiger partial charge in [-0.1, -0.05) is 17.3 Å². The number of piperidine rings is 3. The quantitative estimate of drug-likeness (QED) is 0.104. The van der Waals surface area contributed by atoms with E-state index in [1.807, 2.05) is 6.07 Å². The minimum Gasteiger partial charge on any atom is -0.373 e. The third-order valence-electron chi connectivity index (χ3n) is 12.3. The average Bonchev–Trinajstić information content (AvgIpc) is 3.94. The minimum absolute atomic E-state index is 0.231. The molecule has 3 aliphatic heterocycles. The number of nitrogens with two attached hydrogens (primary N) is 1. The molecule has 6 heterocycles. The molecule has 4 fully saturated rings. The van der Waals surface area contributed by atoms with Crippen LogP contribution in [0.1, 0.15) is 105 Å². The SMILES string of the molecule is NC(O)c1ncc(N2CCCCC2)nc1Nc1ccc(C2CCN(C[C@@H]3CC[C@H](n4ccc5c6c(C7CCC(=O)NC7=O)noc6ccc54)C3)CC2)cc1. The first-order valence-electron chi connectivity index (χ1n) is 19.8. The van der Waals surface area contributed by atoms with Crippen LogP contribution in [0, 0.1) is 5.92 Å². The van der Waals surface area contributed by atoms with Gasteiger partial charge >= 0.3 is 0 Å². The first-order valence-corrected chi connectivity index (χ1v) is 19.8. The monoisotopic (exact) mass is 731 g/mol. The summed E-state index contributed by atoms with van der Waals surface area (Å²) in [6.07, 6.45) is 12.8. The summed E-state index contributed by atoms with van der Waals surface area (Å²) in [5.74, 6) is 1.48. The molecule has 4 atom stereocenters. The number of hydrogen-bond donors (Lipinski definition) is 4. The van der Waals surface area contributed by atoms with Gasteiger partial charge in [0.05, 0.1) is 17.5 Å². The molecule has 54 heavy (non-hydrogen) atoms. The van der Waals surface area contributed by atoms with E-state index in [1.165, 1.54) is 18.4 Å². The molecule has 13 nitrogen and oxygen atoms in total. The Hall–Kier alpha value is -4.85. The van der Waals surface area contributed by atoms with Crippen LogP contribution in [-0.2, 0) is 9.59 Å². The predicted octanol–water partition coefficient (Wildman–Crippen LogP) is 6.00. The maximum absolute atomic E-state index is 12.7. The Labute approximate surface area is 314 Å². The number of aliphatic hydroxyl groups is 1. The van der Waals surface area contributed by atoms with Gasteiger partial charge in [-0.25, -0.2) is 9.97 Å². The van der Waals surface area contributed by atoms with Crippen molar-refractivity contribution in [3.63, 3.8) is 0 Å². The lowest BCUT2D eigenvalue weighted by Crippen LogP contribution is -2.39. The highest BCUT2D eigenvalue weighted by Crippen LogP contribution is 2.41. The number of aliphatic hydroxyl groups excluding tert-OH is 1. The summed E-state index contributed by atoms with van der Waals surface area (Å²) in [5.41, 5.74) is 10.9. The number of aromatic nitrogens is 4. The lowest BCUT2D eigenvalue weighted by Gasteiger charge is -2.34. The first-order chi connectivity index (χ1) is 26.4. The van der Waals surface area contributed by atoms with Crippen LogP contribution < -0.4 is 21.3 Å². The Bertz CT molecular complexity index is 2150. The van der Waals surface area contributed by atoms with Gasteiger partial charge < -0.3 is 35.0 Å². The highest BCUT2D eigenvalue weighted by atomic mass is 16.5. The molecule has 13 heteroatoms. The van der Waals surface area contributed by atoms with Gasteiger partial charge in [-0.15, -0.1) is 0 Å². The maximum Gasteiger partial charge on any atom is 0.235 e. The summed E-state index contributed by atoms with van der Waals surface area (Å²) in [4.78, 5) is 38.7. The number of anilines is 3. The van der Waals surface area contributed by atoms with Gasteiger partial charge in [0.15, 0.2) is 11.4 Å². The van der Waals surface area contributed by atoms with Crippen molar-refractivity contribution < 1.29 is 19.2 Å². The number of fused-ring (bicyclic) bond motifs is 3. The third kappa shape index (κ3) is 6.84. The molecule has 1 saturated carbocycles. The van der Waals surface area contributed by atoms with Gasteiger partial charge in [-0.2, -0.15) is 0 Å². The molecule has 0 radical (unpaired) electrons. The van der Waals surface area contributed by atoms with Gasteiger partial charge in [-0.05, 0) is 119 Å². The summed E-state index contributed by atoms with van der Waals surface area (Å²) < 4.78 is 8.08. The predicted molar refractivity (Wildman–Crippen MR) is 206 cm³/mol. The molecule has 3 aromatic heterocycles. The number of likely N-dealkylation sites (tertiary alicyclic amines) is 1. The van der Waals surface area contributed by atoms with E-state index in [0.717, 1.165) is 99.0 Å². The fourth-order valence-electron chi connectivity index (χ4n) is 9.44. The molecule has 5 aromatic rings. The van der Waals surface area contributed by atoms with Crippen molar-refractivity contribution in [3.8, 4) is 0 Å². The number of nitrogens with zero attached hydrogens (tertiary/aromatic N) is 6. The first kappa shape index (κ1) is 34.9. The number of nitrogens with one attached hydrogen (secondary N) is 2. The Morgan fingerprint density at radius 3 is 2.56 bits per heavy atom. The molecule has 9 rings (SSSR count). The molecule has 0 spiro atoms. The molecular weight excluding hydrogens is 683 g/mol. The second-order valence-electron chi connectivity index (χ2n) is 15.8. The zero-order valence-electron chi connectivity index (χ0n) is 30.6. The summed E-state index contributed by atoms with van der Waals surface area (Å²) in [7, 11) is 0. The standard InChI is InChI=1S/C41H49N9O4/c42-39(52)38-40(45-34(23-43-38)49-17-2-1-3-18-49)44-28-7-5-26(6-8-28)27-14-19-48(20-15-27)24-25-4-9-29(22-25)50-21-16-30-32(50)11-12-33-36(30)37(47-54-33)31-10-13-35(51)46-41(31)53/h5-8,11-12,16,21,23,25,27,29,31,39,52H,1-4,9-10,13-15,17-20,22,24,42H2,(H,44,45)(H,46,51,53)/t25-,29+,31?,39?/m1/s1. The van der Waals surface area contributed by atoms with E-state index >= 15 is 0 Å². The van der Waals surface area contributed by atoms with E-state index in [9.17, 15) is 14.7 Å². The molecule has 2 unspecified atom stereocenters. The molecule has 5 N–H and O–H groups in total. The Balaban J connectivity index is 0.803. The molecule has 1 aliphatic carbocycles. The topological polar surface area (TPSA) is 168 Å². The van der Waals surface area contributed by atoms with Crippen molar-refractivity contribution in [2.75, 3.05) is 42.9 Å². The Morgan fingerprint density at radius 1 is 0.963 bits per heavy atom. The highest BCUT2D eigenvalue weighted by Gasteiger charge is 2.34. The number of benzene rings is 2. The fraction of sp³-hybridized carbons (Fsp3) is 0.488. The molecule has 282 valence electrons. The van der Waals surface area contributed by atoms with Gasteiger partial charge in [0.25, 0.3) is 0 Å². The average molecular weight is 732 g/mol. The number of imide groups is 1. The van der Waals surface area contributed by atoms with Crippen molar-refractivity contribution in [1.29, 1.82) is 0 Å². The van der Waals surface area contributed by atoms with Gasteiger partial charge in [0, 0.05) is 54.9 Å². The molecule has 2 amide bonds. The lowest BCUT2D eigenvalue weighted by molar-refractivity contribution is -0.134. The zero-order chi connectivity index (χ0) is 36.8. The van der Waals surface area contributed by atoms with Gasteiger partial charge in [0.1, 0.15) is 23.4 Å². The second kappa shape index (κ2) is 14.8. The van der Waals surface area contributed by atoms with Crippen LogP contribution in [0.5, 0.6) is 0 Å². The zero-order valence-corrected chi connectivity index (χ0v) is 30.6. The number of carbonyl (C=O) groups is 2. The van der Waals surface area contributed by atoms with Crippen LogP contribution in [0.15, 0.2) is 59.4 Å². The van der Waals surface area contributed by atoms with E-state index in [1.54, 1.807) is 6.20 Å². The molecule has 4 aliphatic rings. The largest absolute Gasteiger partial charge is 0.373 e. The molecule has 2 aromatic carbocycles. The van der Waals surface area contributed by atoms with Crippen molar-refractivity contribution in [3.05, 3.63) is 71.8 Å². The summed E-state index contributed by atoms with van der Waals surface area (Å²) in [5, 5.41) is 22.3. The summed E-state index contributed by atoms with van der Waals surface area (Å²) in [6, 6.07) is 15.3. The van der Waals surface area contributed by atoms with E-state index in [0.29, 0.717) is 53.5 Å². The molecule has 3 saturated heterocycles. The number of carbonyl (C=O) groups excluding carboxylic acids is 2. The number of amides is 2. The number of rotatable bonds is 9. The lowest BCUT2D eigenvalue weighted by atomic mass is 9.89. The van der Waals surface area contributed by atoms with Crippen LogP contribution in [-0.4, -0.2) is 74.2 Å². The minimum atomic E-state index is -1.21. The van der Waals surface area contributed by atoms with Crippen molar-refractivity contribution in [1.82, 2.24) is 29.9 Å². The normalized spacial score (nSPS) is 23.7. The molecule has 0 bridgehead atoms. The highest BCUT2D eigenvalue weighted by molar-refractivity contribution is 6.09. The third-order valence-corrected chi connectivity index (χ3v) is 12.3. The second-order valence-corrected chi connectivity index (χ2v) is 15.8. The van der Waals surface area contributed by atoms with Crippen LogP contribution >= 0.6 is 0 Å². The Morgan fingerprint density at radius 2 is 1.78 bits per heavy atom. The summed E-state index contributed by atoms with van der Waals surface area (Å²) >= 11 is 0. The van der Waals surface area contributed by atoms with Gasteiger partial charge in [0.2, 0.25) is 11.8 Å². The number of hydrogen-bond acceptors (Lipinski definition) is 11. The smallest absolute Gasteiger partial charge is 0.235 e. The van der Waals surface area contributed by atoms with Crippen LogP contribution in [0.25, 0.3) is 21.9 Å². The van der Waals surface area contributed by atoms with Crippen molar-refractivity contribution in [2.24, 2.45) is 11.7 Å². The van der Waals surface area contributed by atoms with E-state index in [4.69, 9.17) is 15.2 Å². The van der Waals surface area contributed by atoms with E-state index < -0.39 is 12.1 Å². The van der Waals surface area contributed by atoms with E-state index in [2.05, 4.69) is 77.7 Å². The molecular formula is C41H49N9O4. The van der Waals surface area contributed by atoms with Crippen molar-refractivity contribution >= 4 is 51.0 Å².